The lowest BCUT2D eigenvalue weighted by atomic mass is 10.0. The number of hydroxylamine groups is 1. The fourth-order valence-corrected chi connectivity index (χ4v) is 2.51. The fourth-order valence-electron chi connectivity index (χ4n) is 2.51. The van der Waals surface area contributed by atoms with Crippen molar-refractivity contribution in [2.24, 2.45) is 0 Å². The van der Waals surface area contributed by atoms with Gasteiger partial charge in [0.1, 0.15) is 6.04 Å². The number of carbonyl (C=O) groups excluding carboxylic acids is 3. The van der Waals surface area contributed by atoms with Crippen LogP contribution >= 0.6 is 0 Å². The molecule has 0 heterocycles. The van der Waals surface area contributed by atoms with Gasteiger partial charge in [-0.3, -0.25) is 19.6 Å². The number of amides is 3. The lowest BCUT2D eigenvalue weighted by Gasteiger charge is -2.19. The molecule has 3 amide bonds. The molecule has 5 N–H and O–H groups in total. The largest absolute Gasteiger partial charge is 0.391 e. The summed E-state index contributed by atoms with van der Waals surface area (Å²) in [6, 6.07) is 12.7. The molecule has 0 aromatic heterocycles. The van der Waals surface area contributed by atoms with E-state index in [0.29, 0.717) is 17.7 Å². The molecule has 0 bridgehead atoms. The van der Waals surface area contributed by atoms with Crippen molar-refractivity contribution in [3.63, 3.8) is 0 Å². The first-order chi connectivity index (χ1) is 13.3. The molecular weight excluding hydrogens is 362 g/mol. The van der Waals surface area contributed by atoms with Crippen molar-refractivity contribution in [1.29, 1.82) is 0 Å². The molecule has 0 radical (unpaired) electrons. The predicted molar refractivity (Wildman–Crippen MR) is 104 cm³/mol. The topological polar surface area (TPSA) is 128 Å². The predicted octanol–water partition coefficient (Wildman–Crippen LogP) is 1.69. The van der Waals surface area contributed by atoms with Gasteiger partial charge < -0.3 is 15.7 Å². The highest BCUT2D eigenvalue weighted by Gasteiger charge is 2.25. The van der Waals surface area contributed by atoms with Crippen LogP contribution < -0.4 is 16.1 Å². The zero-order valence-corrected chi connectivity index (χ0v) is 15.6. The maximum atomic E-state index is 12.3. The minimum absolute atomic E-state index is 0.0616. The lowest BCUT2D eigenvalue weighted by molar-refractivity contribution is -0.133. The highest BCUT2D eigenvalue weighted by molar-refractivity contribution is 5.98. The quantitative estimate of drug-likeness (QED) is 0.366. The summed E-state index contributed by atoms with van der Waals surface area (Å²) in [5, 5.41) is 23.4. The number of nitrogens with one attached hydrogen (secondary N) is 3. The molecule has 0 aliphatic rings. The molecule has 0 aliphatic carbocycles. The van der Waals surface area contributed by atoms with Crippen LogP contribution in [0.5, 0.6) is 0 Å². The summed E-state index contributed by atoms with van der Waals surface area (Å²) >= 11 is 0. The van der Waals surface area contributed by atoms with Gasteiger partial charge in [-0.15, -0.1) is 0 Å². The van der Waals surface area contributed by atoms with Gasteiger partial charge >= 0.3 is 0 Å². The van der Waals surface area contributed by atoms with Gasteiger partial charge in [0.25, 0.3) is 11.8 Å². The molecule has 2 atom stereocenters. The Kier molecular flexibility index (Phi) is 7.25. The summed E-state index contributed by atoms with van der Waals surface area (Å²) in [6.07, 6.45) is -0.775. The van der Waals surface area contributed by atoms with Crippen molar-refractivity contribution < 1.29 is 24.7 Å². The van der Waals surface area contributed by atoms with E-state index < -0.39 is 24.0 Å². The number of hydrogen-bond acceptors (Lipinski definition) is 5. The second kappa shape index (κ2) is 9.63. The Morgan fingerprint density at radius 3 is 1.96 bits per heavy atom. The Balaban J connectivity index is 2.09. The molecule has 8 nitrogen and oxygen atoms in total. The van der Waals surface area contributed by atoms with Gasteiger partial charge in [-0.2, -0.15) is 0 Å². The van der Waals surface area contributed by atoms with Crippen molar-refractivity contribution >= 4 is 23.4 Å². The average molecular weight is 385 g/mol. The summed E-state index contributed by atoms with van der Waals surface area (Å²) < 4.78 is 0. The smallest absolute Gasteiger partial charge is 0.268 e. The number of aliphatic hydroxyl groups excluding tert-OH is 1. The van der Waals surface area contributed by atoms with E-state index in [-0.39, 0.29) is 5.91 Å². The first kappa shape index (κ1) is 21.1. The first-order valence-corrected chi connectivity index (χ1v) is 8.79. The standard InChI is InChI=1S/C20H23N3O5/c1-3-17(25)21-16-10-8-14(9-11-16)13-4-6-15(7-5-13)19(26)22-18(12(2)24)20(27)23-28/h4-12,18,24,28H,3H2,1-2H3,(H,21,25)(H,22,26)(H,23,27)/t12-,18+/m1/s1. The number of carbonyl (C=O) groups is 3. The molecule has 0 unspecified atom stereocenters. The minimum atomic E-state index is -1.27. The summed E-state index contributed by atoms with van der Waals surface area (Å²) in [7, 11) is 0. The molecule has 2 rings (SSSR count). The third kappa shape index (κ3) is 5.38. The zero-order chi connectivity index (χ0) is 20.7. The number of rotatable bonds is 7. The minimum Gasteiger partial charge on any atom is -0.391 e. The number of aliphatic hydroxyl groups is 1. The molecule has 28 heavy (non-hydrogen) atoms. The van der Waals surface area contributed by atoms with Gasteiger partial charge in [0.05, 0.1) is 6.10 Å². The van der Waals surface area contributed by atoms with Gasteiger partial charge in [0.2, 0.25) is 5.91 Å². The molecule has 0 fully saturated rings. The van der Waals surface area contributed by atoms with Crippen LogP contribution in [0.25, 0.3) is 11.1 Å². The van der Waals surface area contributed by atoms with Gasteiger partial charge in [0.15, 0.2) is 0 Å². The fraction of sp³-hybridized carbons (Fsp3) is 0.250. The molecule has 2 aromatic carbocycles. The van der Waals surface area contributed by atoms with Crippen molar-refractivity contribution in [2.45, 2.75) is 32.4 Å². The summed E-state index contributed by atoms with van der Waals surface area (Å²) in [6.45, 7) is 3.11. The van der Waals surface area contributed by atoms with Crippen molar-refractivity contribution in [3.05, 3.63) is 54.1 Å². The van der Waals surface area contributed by atoms with Crippen molar-refractivity contribution in [3.8, 4) is 11.1 Å². The third-order valence-corrected chi connectivity index (χ3v) is 4.13. The Morgan fingerprint density at radius 1 is 0.964 bits per heavy atom. The first-order valence-electron chi connectivity index (χ1n) is 8.79. The highest BCUT2D eigenvalue weighted by atomic mass is 16.5. The van der Waals surface area contributed by atoms with Crippen LogP contribution in [0.3, 0.4) is 0 Å². The molecule has 0 spiro atoms. The van der Waals surface area contributed by atoms with Gasteiger partial charge in [-0.1, -0.05) is 31.2 Å². The van der Waals surface area contributed by atoms with Crippen molar-refractivity contribution in [1.82, 2.24) is 10.8 Å². The van der Waals surface area contributed by atoms with E-state index in [1.807, 2.05) is 12.1 Å². The normalized spacial score (nSPS) is 12.6. The summed E-state index contributed by atoms with van der Waals surface area (Å²) in [5.41, 5.74) is 4.19. The van der Waals surface area contributed by atoms with Crippen LogP contribution in [0, 0.1) is 0 Å². The Hall–Kier alpha value is -3.23. The molecule has 8 heteroatoms. The highest BCUT2D eigenvalue weighted by Crippen LogP contribution is 2.22. The van der Waals surface area contributed by atoms with Crippen LogP contribution in [0.2, 0.25) is 0 Å². The summed E-state index contributed by atoms with van der Waals surface area (Å²) in [5.74, 6) is -1.53. The number of anilines is 1. The van der Waals surface area contributed by atoms with Gasteiger partial charge in [-0.05, 0) is 42.3 Å². The molecule has 148 valence electrons. The SMILES string of the molecule is CCC(=O)Nc1ccc(-c2ccc(C(=O)N[C@H](C(=O)NO)[C@@H](C)O)cc2)cc1. The van der Waals surface area contributed by atoms with E-state index in [9.17, 15) is 19.5 Å². The second-order valence-corrected chi connectivity index (χ2v) is 6.22. The maximum Gasteiger partial charge on any atom is 0.268 e. The molecule has 0 aliphatic heterocycles. The third-order valence-electron chi connectivity index (χ3n) is 4.13. The zero-order valence-electron chi connectivity index (χ0n) is 15.6. The maximum absolute atomic E-state index is 12.3. The van der Waals surface area contributed by atoms with E-state index in [2.05, 4.69) is 10.6 Å². The van der Waals surface area contributed by atoms with Crippen LogP contribution in [-0.2, 0) is 9.59 Å². The van der Waals surface area contributed by atoms with Gasteiger partial charge in [-0.25, -0.2) is 5.48 Å². The molecule has 0 saturated heterocycles. The van der Waals surface area contributed by atoms with Crippen LogP contribution in [-0.4, -0.2) is 40.2 Å². The Morgan fingerprint density at radius 2 is 1.50 bits per heavy atom. The van der Waals surface area contributed by atoms with Crippen molar-refractivity contribution in [2.75, 3.05) is 5.32 Å². The monoisotopic (exact) mass is 385 g/mol. The molecular formula is C20H23N3O5. The average Bonchev–Trinajstić information content (AvgIpc) is 2.71. The summed E-state index contributed by atoms with van der Waals surface area (Å²) in [4.78, 5) is 35.2. The van der Waals surface area contributed by atoms with E-state index in [1.165, 1.54) is 12.4 Å². The van der Waals surface area contributed by atoms with Gasteiger partial charge in [0, 0.05) is 17.7 Å². The lowest BCUT2D eigenvalue weighted by Crippen LogP contribution is -2.51. The Labute approximate surface area is 162 Å². The van der Waals surface area contributed by atoms with E-state index in [4.69, 9.17) is 5.21 Å². The van der Waals surface area contributed by atoms with Crippen LogP contribution in [0.1, 0.15) is 30.6 Å². The molecule has 2 aromatic rings. The van der Waals surface area contributed by atoms with E-state index >= 15 is 0 Å². The van der Waals surface area contributed by atoms with Crippen LogP contribution in [0.15, 0.2) is 48.5 Å². The second-order valence-electron chi connectivity index (χ2n) is 6.22. The number of hydrogen-bond donors (Lipinski definition) is 5. The van der Waals surface area contributed by atoms with Crippen LogP contribution in [0.4, 0.5) is 5.69 Å². The van der Waals surface area contributed by atoms with E-state index in [1.54, 1.807) is 43.3 Å². The Bertz CT molecular complexity index is 832. The van der Waals surface area contributed by atoms with E-state index in [0.717, 1.165) is 11.1 Å². The number of benzene rings is 2. The molecule has 0 saturated carbocycles.